The summed E-state index contributed by atoms with van der Waals surface area (Å²) in [7, 11) is -5.12. The van der Waals surface area contributed by atoms with Gasteiger partial charge in [0.15, 0.2) is 6.29 Å². The number of amides is 1. The van der Waals surface area contributed by atoms with E-state index in [4.69, 9.17) is 9.47 Å². The molecule has 13 nitrogen and oxygen atoms in total. The van der Waals surface area contributed by atoms with Gasteiger partial charge in [0, 0.05) is 0 Å². The number of hydrogen-bond acceptors (Lipinski definition) is 11. The second-order valence-electron chi connectivity index (χ2n) is 17.9. The van der Waals surface area contributed by atoms with Gasteiger partial charge in [-0.05, 0) is 51.4 Å². The van der Waals surface area contributed by atoms with E-state index in [0.717, 1.165) is 64.2 Å². The molecule has 0 radical (unpaired) electrons. The molecule has 376 valence electrons. The molecular formula is C50H93NO12S. The first-order chi connectivity index (χ1) is 30.9. The monoisotopic (exact) mass is 932 g/mol. The maximum absolute atomic E-state index is 13.1. The molecule has 0 aromatic rings. The standard InChI is InChI=1S/C50H93NO12S/c1-3-5-7-9-11-13-15-17-18-19-20-21-22-23-24-25-27-29-31-33-35-37-39-44(54)49(57)51-42(43(53)38-36-34-32-30-28-26-16-14-12-10-8-6-4-2)41-61-50-47(56)48(63-64(58,59)60)46(55)45(40-52)62-50/h20-21,23-24,36,38,42-48,50,52-56H,3-19,22,25-35,37,39-41H2,1-2H3,(H,51,57)(H,58,59,60)/b21-20-,24-23-,38-36+. The average molecular weight is 932 g/mol. The quantitative estimate of drug-likeness (QED) is 0.0173. The van der Waals surface area contributed by atoms with Gasteiger partial charge >= 0.3 is 10.4 Å². The summed E-state index contributed by atoms with van der Waals surface area (Å²) >= 11 is 0. The van der Waals surface area contributed by atoms with Crippen molar-refractivity contribution in [2.45, 2.75) is 262 Å². The van der Waals surface area contributed by atoms with Crippen molar-refractivity contribution >= 4 is 16.3 Å². The highest BCUT2D eigenvalue weighted by atomic mass is 32.3. The number of hydrogen-bond donors (Lipinski definition) is 7. The summed E-state index contributed by atoms with van der Waals surface area (Å²) in [6.07, 6.45) is 36.5. The lowest BCUT2D eigenvalue weighted by Crippen LogP contribution is -2.61. The number of aliphatic hydroxyl groups is 5. The van der Waals surface area contributed by atoms with Gasteiger partial charge in [-0.15, -0.1) is 0 Å². The summed E-state index contributed by atoms with van der Waals surface area (Å²) in [5.41, 5.74) is 0. The van der Waals surface area contributed by atoms with E-state index < -0.39 is 78.5 Å². The number of nitrogens with one attached hydrogen (secondary N) is 1. The lowest BCUT2D eigenvalue weighted by molar-refractivity contribution is -0.298. The van der Waals surface area contributed by atoms with Gasteiger partial charge in [0.1, 0.15) is 30.5 Å². The van der Waals surface area contributed by atoms with Gasteiger partial charge in [0.05, 0.1) is 25.4 Å². The molecule has 1 amide bonds. The number of allylic oxidation sites excluding steroid dienone is 5. The molecule has 1 fully saturated rings. The largest absolute Gasteiger partial charge is 0.397 e. The van der Waals surface area contributed by atoms with Crippen LogP contribution in [0.25, 0.3) is 0 Å². The molecule has 1 heterocycles. The highest BCUT2D eigenvalue weighted by Gasteiger charge is 2.48. The first-order valence-corrected chi connectivity index (χ1v) is 26.8. The Morgan fingerprint density at radius 3 is 1.53 bits per heavy atom. The number of aliphatic hydroxyl groups excluding tert-OH is 5. The van der Waals surface area contributed by atoms with E-state index in [1.54, 1.807) is 0 Å². The molecule has 8 unspecified atom stereocenters. The first kappa shape index (κ1) is 60.3. The number of unbranched alkanes of at least 4 members (excludes halogenated alkanes) is 26. The summed E-state index contributed by atoms with van der Waals surface area (Å²) in [6.45, 7) is 3.21. The zero-order chi connectivity index (χ0) is 47.1. The average Bonchev–Trinajstić information content (AvgIpc) is 3.27. The molecule has 1 aliphatic heterocycles. The summed E-state index contributed by atoms with van der Waals surface area (Å²) in [6, 6.07) is -1.12. The smallest absolute Gasteiger partial charge is 0.394 e. The molecule has 0 bridgehead atoms. The topological polar surface area (TPSA) is 212 Å². The Kier molecular flexibility index (Phi) is 38.0. The number of ether oxygens (including phenoxy) is 2. The summed E-state index contributed by atoms with van der Waals surface area (Å²) in [5, 5.41) is 55.3. The zero-order valence-electron chi connectivity index (χ0n) is 40.0. The van der Waals surface area contributed by atoms with Crippen molar-refractivity contribution in [1.29, 1.82) is 0 Å². The molecule has 0 aliphatic carbocycles. The van der Waals surface area contributed by atoms with Crippen molar-refractivity contribution in [3.05, 3.63) is 36.5 Å². The Labute approximate surface area is 388 Å². The molecule has 1 saturated heterocycles. The second-order valence-corrected chi connectivity index (χ2v) is 18.9. The van der Waals surface area contributed by atoms with E-state index in [1.807, 2.05) is 6.08 Å². The van der Waals surface area contributed by atoms with Gasteiger partial charge in [0.2, 0.25) is 5.91 Å². The Bertz CT molecular complexity index is 1300. The van der Waals surface area contributed by atoms with Gasteiger partial charge < -0.3 is 40.3 Å². The SMILES string of the molecule is CCCCCCCCCCC/C=C\C/C=C\CCCCCCCCC(O)C(=O)NC(COC1OC(CO)C(O)C(OS(=O)(=O)O)C1O)C(O)/C=C/CCCCCCCCCCCCC. The first-order valence-electron chi connectivity index (χ1n) is 25.5. The van der Waals surface area contributed by atoms with Gasteiger partial charge in [-0.3, -0.25) is 9.35 Å². The molecule has 14 heteroatoms. The Morgan fingerprint density at radius 1 is 0.641 bits per heavy atom. The Hall–Kier alpha value is -1.72. The highest BCUT2D eigenvalue weighted by molar-refractivity contribution is 7.80. The molecule has 64 heavy (non-hydrogen) atoms. The van der Waals surface area contributed by atoms with Crippen molar-refractivity contribution in [2.24, 2.45) is 0 Å². The number of carbonyl (C=O) groups excluding carboxylic acids is 1. The van der Waals surface area contributed by atoms with Crippen molar-refractivity contribution in [3.63, 3.8) is 0 Å². The number of carbonyl (C=O) groups is 1. The summed E-state index contributed by atoms with van der Waals surface area (Å²) in [4.78, 5) is 13.1. The Morgan fingerprint density at radius 2 is 1.08 bits per heavy atom. The van der Waals surface area contributed by atoms with Crippen LogP contribution in [0.5, 0.6) is 0 Å². The van der Waals surface area contributed by atoms with Gasteiger partial charge in [-0.1, -0.05) is 198 Å². The molecule has 0 aromatic heterocycles. The van der Waals surface area contributed by atoms with Crippen molar-refractivity contribution in [3.8, 4) is 0 Å². The van der Waals surface area contributed by atoms with E-state index in [0.29, 0.717) is 12.8 Å². The maximum atomic E-state index is 13.1. The van der Waals surface area contributed by atoms with Crippen LogP contribution in [0.1, 0.15) is 213 Å². The number of rotatable bonds is 43. The molecule has 0 saturated carbocycles. The predicted molar refractivity (Wildman–Crippen MR) is 256 cm³/mol. The molecular weight excluding hydrogens is 839 g/mol. The van der Waals surface area contributed by atoms with Crippen LogP contribution in [0.4, 0.5) is 0 Å². The van der Waals surface area contributed by atoms with E-state index in [1.165, 1.54) is 122 Å². The third-order valence-electron chi connectivity index (χ3n) is 12.0. The van der Waals surface area contributed by atoms with Crippen LogP contribution in [0, 0.1) is 0 Å². The van der Waals surface area contributed by atoms with Crippen molar-refractivity contribution in [1.82, 2.24) is 5.32 Å². The van der Waals surface area contributed by atoms with Gasteiger partial charge in [-0.2, -0.15) is 8.42 Å². The Balaban J connectivity index is 2.49. The second kappa shape index (κ2) is 40.4. The normalized spacial score (nSPS) is 21.0. The highest BCUT2D eigenvalue weighted by Crippen LogP contribution is 2.26. The van der Waals surface area contributed by atoms with Crippen LogP contribution in [0.3, 0.4) is 0 Å². The summed E-state index contributed by atoms with van der Waals surface area (Å²) in [5.74, 6) is -0.710. The van der Waals surface area contributed by atoms with Crippen LogP contribution in [0.15, 0.2) is 36.5 Å². The molecule has 0 spiro atoms. The predicted octanol–water partition coefficient (Wildman–Crippen LogP) is 9.64. The van der Waals surface area contributed by atoms with E-state index in [-0.39, 0.29) is 6.42 Å². The van der Waals surface area contributed by atoms with Gasteiger partial charge in [-0.25, -0.2) is 4.18 Å². The van der Waals surface area contributed by atoms with Crippen LogP contribution < -0.4 is 5.32 Å². The minimum Gasteiger partial charge on any atom is -0.394 e. The van der Waals surface area contributed by atoms with E-state index >= 15 is 0 Å². The minimum absolute atomic E-state index is 0.231. The third-order valence-corrected chi connectivity index (χ3v) is 12.5. The van der Waals surface area contributed by atoms with Gasteiger partial charge in [0.25, 0.3) is 0 Å². The molecule has 7 N–H and O–H groups in total. The zero-order valence-corrected chi connectivity index (χ0v) is 40.8. The fourth-order valence-electron chi connectivity index (χ4n) is 7.96. The lowest BCUT2D eigenvalue weighted by Gasteiger charge is -2.41. The van der Waals surface area contributed by atoms with Crippen LogP contribution in [-0.4, -0.2) is 107 Å². The molecule has 1 aliphatic rings. The summed E-state index contributed by atoms with van der Waals surface area (Å²) < 4.78 is 47.6. The van der Waals surface area contributed by atoms with Crippen molar-refractivity contribution in [2.75, 3.05) is 13.2 Å². The third kappa shape index (κ3) is 32.1. The molecule has 0 aromatic carbocycles. The van der Waals surface area contributed by atoms with Crippen LogP contribution in [0.2, 0.25) is 0 Å². The fraction of sp³-hybridized carbons (Fsp3) is 0.860. The maximum Gasteiger partial charge on any atom is 0.397 e. The van der Waals surface area contributed by atoms with E-state index in [2.05, 4.69) is 47.7 Å². The van der Waals surface area contributed by atoms with Crippen LogP contribution >= 0.6 is 0 Å². The fourth-order valence-corrected chi connectivity index (χ4v) is 8.47. The van der Waals surface area contributed by atoms with Crippen LogP contribution in [-0.2, 0) is 28.9 Å². The van der Waals surface area contributed by atoms with Crippen molar-refractivity contribution < 1.29 is 57.0 Å². The minimum atomic E-state index is -5.12. The van der Waals surface area contributed by atoms with E-state index in [9.17, 15) is 43.3 Å². The lowest BCUT2D eigenvalue weighted by atomic mass is 9.99. The molecule has 8 atom stereocenters. The molecule has 1 rings (SSSR count).